The predicted molar refractivity (Wildman–Crippen MR) is 69.0 cm³/mol. The minimum Gasteiger partial charge on any atom is -0.478 e. The number of carboxylic acid groups (broad SMARTS) is 1. The van der Waals surface area contributed by atoms with Gasteiger partial charge in [-0.3, -0.25) is 10.2 Å². The van der Waals surface area contributed by atoms with Gasteiger partial charge >= 0.3 is 5.97 Å². The zero-order valence-electron chi connectivity index (χ0n) is 10.9. The highest BCUT2D eigenvalue weighted by molar-refractivity contribution is 5.93. The summed E-state index contributed by atoms with van der Waals surface area (Å²) in [4.78, 5) is 21.9. The van der Waals surface area contributed by atoms with Gasteiger partial charge in [0.05, 0.1) is 0 Å². The van der Waals surface area contributed by atoms with Gasteiger partial charge in [-0.2, -0.15) is 0 Å². The molecule has 0 radical (unpaired) electrons. The third-order valence-electron chi connectivity index (χ3n) is 4.87. The van der Waals surface area contributed by atoms with E-state index < -0.39 is 11.9 Å². The quantitative estimate of drug-likeness (QED) is 0.527. The molecule has 19 heavy (non-hydrogen) atoms. The van der Waals surface area contributed by atoms with Gasteiger partial charge in [-0.25, -0.2) is 10.2 Å². The first-order valence-electron chi connectivity index (χ1n) is 7.03. The molecule has 4 bridgehead atoms. The van der Waals surface area contributed by atoms with Crippen LogP contribution in [0.4, 0.5) is 0 Å². The van der Waals surface area contributed by atoms with Crippen molar-refractivity contribution < 1.29 is 14.7 Å². The molecule has 1 amide bonds. The fraction of sp³-hybridized carbons (Fsp3) is 0.714. The van der Waals surface area contributed by atoms with Crippen LogP contribution in [0.5, 0.6) is 0 Å². The number of nitrogens with one attached hydrogen (secondary N) is 2. The summed E-state index contributed by atoms with van der Waals surface area (Å²) >= 11 is 0. The number of carboxylic acids is 1. The van der Waals surface area contributed by atoms with E-state index in [4.69, 9.17) is 5.11 Å². The van der Waals surface area contributed by atoms with Gasteiger partial charge in [0, 0.05) is 17.7 Å². The molecule has 0 unspecified atom stereocenters. The first kappa shape index (κ1) is 12.7. The van der Waals surface area contributed by atoms with Gasteiger partial charge in [-0.1, -0.05) is 0 Å². The highest BCUT2D eigenvalue weighted by Gasteiger charge is 2.50. The minimum absolute atomic E-state index is 0.0570. The van der Waals surface area contributed by atoms with Crippen LogP contribution < -0.4 is 10.9 Å². The number of carbonyl (C=O) groups excluding carboxylic acids is 1. The van der Waals surface area contributed by atoms with E-state index in [2.05, 4.69) is 10.9 Å². The highest BCUT2D eigenvalue weighted by Crippen LogP contribution is 2.55. The van der Waals surface area contributed by atoms with Gasteiger partial charge < -0.3 is 5.11 Å². The first-order chi connectivity index (χ1) is 9.05. The summed E-state index contributed by atoms with van der Waals surface area (Å²) in [6, 6.07) is 0. The lowest BCUT2D eigenvalue weighted by Crippen LogP contribution is -2.62. The van der Waals surface area contributed by atoms with E-state index in [0.29, 0.717) is 0 Å². The smallest absolute Gasteiger partial charge is 0.328 e. The molecule has 4 aliphatic rings. The molecule has 0 atom stereocenters. The van der Waals surface area contributed by atoms with Crippen molar-refractivity contribution in [2.24, 2.45) is 17.8 Å². The second-order valence-electron chi connectivity index (χ2n) is 6.48. The number of hydrogen-bond donors (Lipinski definition) is 3. The van der Waals surface area contributed by atoms with E-state index in [1.54, 1.807) is 0 Å². The Balaban J connectivity index is 1.58. The van der Waals surface area contributed by atoms with Gasteiger partial charge in [0.2, 0.25) is 0 Å². The van der Waals surface area contributed by atoms with E-state index in [-0.39, 0.29) is 5.54 Å². The summed E-state index contributed by atoms with van der Waals surface area (Å²) < 4.78 is 0. The normalized spacial score (nSPS) is 39.7. The number of carbonyl (C=O) groups is 2. The number of rotatable bonds is 4. The molecule has 0 aromatic rings. The molecule has 0 saturated heterocycles. The summed E-state index contributed by atoms with van der Waals surface area (Å²) in [5.41, 5.74) is 5.92. The summed E-state index contributed by atoms with van der Waals surface area (Å²) in [5.74, 6) is 0.934. The summed E-state index contributed by atoms with van der Waals surface area (Å²) in [6.07, 6.45) is 9.40. The van der Waals surface area contributed by atoms with Gasteiger partial charge in [-0.15, -0.1) is 0 Å². The Morgan fingerprint density at radius 2 is 1.53 bits per heavy atom. The van der Waals surface area contributed by atoms with Crippen LogP contribution in [0.25, 0.3) is 0 Å². The van der Waals surface area contributed by atoms with E-state index in [1.165, 1.54) is 19.3 Å². The average molecular weight is 264 g/mol. The van der Waals surface area contributed by atoms with E-state index >= 15 is 0 Å². The third kappa shape index (κ3) is 2.66. The van der Waals surface area contributed by atoms with Crippen LogP contribution >= 0.6 is 0 Å². The predicted octanol–water partition coefficient (Wildman–Crippen LogP) is 1.22. The Morgan fingerprint density at radius 3 is 2.00 bits per heavy atom. The van der Waals surface area contributed by atoms with Crippen molar-refractivity contribution in [2.75, 3.05) is 0 Å². The highest BCUT2D eigenvalue weighted by atomic mass is 16.4. The first-order valence-corrected chi connectivity index (χ1v) is 7.03. The monoisotopic (exact) mass is 264 g/mol. The van der Waals surface area contributed by atoms with E-state index in [0.717, 1.165) is 49.2 Å². The number of hydrogen-bond acceptors (Lipinski definition) is 3. The summed E-state index contributed by atoms with van der Waals surface area (Å²) in [6.45, 7) is 0. The maximum atomic E-state index is 11.5. The average Bonchev–Trinajstić information content (AvgIpc) is 2.32. The maximum Gasteiger partial charge on any atom is 0.328 e. The minimum atomic E-state index is -1.11. The lowest BCUT2D eigenvalue weighted by atomic mass is 9.53. The number of amides is 1. The molecule has 0 aromatic carbocycles. The molecule has 0 aliphatic heterocycles. The molecule has 104 valence electrons. The van der Waals surface area contributed by atoms with Crippen LogP contribution in [0.15, 0.2) is 12.2 Å². The lowest BCUT2D eigenvalue weighted by Gasteiger charge is -2.56. The van der Waals surface area contributed by atoms with Crippen molar-refractivity contribution in [1.29, 1.82) is 0 Å². The molecule has 0 heterocycles. The van der Waals surface area contributed by atoms with Crippen molar-refractivity contribution in [3.63, 3.8) is 0 Å². The molecule has 4 saturated carbocycles. The Kier molecular flexibility index (Phi) is 3.09. The Labute approximate surface area is 112 Å². The maximum absolute atomic E-state index is 11.5. The van der Waals surface area contributed by atoms with Gasteiger partial charge in [0.25, 0.3) is 5.91 Å². The molecule has 5 nitrogen and oxygen atoms in total. The Morgan fingerprint density at radius 1 is 1.00 bits per heavy atom. The standard InChI is InChI=1S/C14H20N2O3/c17-12(1-2-13(18)19)15-16-14-6-9-3-10(7-14)5-11(4-9)8-14/h1-2,9-11,16H,3-8H2,(H,15,17)(H,18,19)/b2-1+. The molecule has 0 spiro atoms. The summed E-state index contributed by atoms with van der Waals surface area (Å²) in [5, 5.41) is 8.47. The molecule has 4 fully saturated rings. The van der Waals surface area contributed by atoms with Crippen LogP contribution in [-0.2, 0) is 9.59 Å². The van der Waals surface area contributed by atoms with Gasteiger partial charge in [0.15, 0.2) is 0 Å². The van der Waals surface area contributed by atoms with E-state index in [9.17, 15) is 9.59 Å². The number of aliphatic carboxylic acids is 1. The van der Waals surface area contributed by atoms with E-state index in [1.807, 2.05) is 0 Å². The van der Waals surface area contributed by atoms with Crippen LogP contribution in [-0.4, -0.2) is 22.5 Å². The Hall–Kier alpha value is -1.36. The second-order valence-corrected chi connectivity index (χ2v) is 6.48. The van der Waals surface area contributed by atoms with Crippen molar-refractivity contribution in [3.8, 4) is 0 Å². The number of hydrazine groups is 1. The molecule has 4 aliphatic carbocycles. The van der Waals surface area contributed by atoms with Crippen molar-refractivity contribution in [1.82, 2.24) is 10.9 Å². The van der Waals surface area contributed by atoms with Crippen molar-refractivity contribution in [3.05, 3.63) is 12.2 Å². The van der Waals surface area contributed by atoms with Crippen LogP contribution in [0, 0.1) is 17.8 Å². The summed E-state index contributed by atoms with van der Waals surface area (Å²) in [7, 11) is 0. The van der Waals surface area contributed by atoms with Crippen molar-refractivity contribution >= 4 is 11.9 Å². The van der Waals surface area contributed by atoms with Crippen LogP contribution in [0.1, 0.15) is 38.5 Å². The fourth-order valence-corrected chi connectivity index (χ4v) is 4.65. The Bertz CT molecular complexity index is 395. The molecule has 5 heteroatoms. The molecular formula is C14H20N2O3. The van der Waals surface area contributed by atoms with Crippen LogP contribution in [0.3, 0.4) is 0 Å². The SMILES string of the molecule is O=C(O)/C=C/C(=O)NNC12CC3CC(CC(C3)C1)C2. The molecule has 4 rings (SSSR count). The molecule has 0 aromatic heterocycles. The topological polar surface area (TPSA) is 78.4 Å². The fourth-order valence-electron chi connectivity index (χ4n) is 4.65. The molecule has 3 N–H and O–H groups in total. The zero-order chi connectivity index (χ0) is 13.5. The second kappa shape index (κ2) is 4.63. The molecular weight excluding hydrogens is 244 g/mol. The lowest BCUT2D eigenvalue weighted by molar-refractivity contribution is -0.131. The van der Waals surface area contributed by atoms with Gasteiger partial charge in [-0.05, 0) is 56.3 Å². The third-order valence-corrected chi connectivity index (χ3v) is 4.87. The van der Waals surface area contributed by atoms with Crippen molar-refractivity contribution in [2.45, 2.75) is 44.1 Å². The zero-order valence-corrected chi connectivity index (χ0v) is 10.9. The van der Waals surface area contributed by atoms with Gasteiger partial charge in [0.1, 0.15) is 0 Å². The largest absolute Gasteiger partial charge is 0.478 e. The van der Waals surface area contributed by atoms with Crippen LogP contribution in [0.2, 0.25) is 0 Å².